The van der Waals surface area contributed by atoms with Crippen LogP contribution in [-0.4, -0.2) is 30.9 Å². The predicted molar refractivity (Wildman–Crippen MR) is 121 cm³/mol. The Bertz CT molecular complexity index is 791. The highest BCUT2D eigenvalue weighted by Crippen LogP contribution is 2.28. The molecule has 0 saturated carbocycles. The first-order chi connectivity index (χ1) is 15.0. The molecule has 1 aliphatic carbocycles. The maximum absolute atomic E-state index is 12.3. The van der Waals surface area contributed by atoms with E-state index in [2.05, 4.69) is 4.74 Å². The second kappa shape index (κ2) is 13.6. The van der Waals surface area contributed by atoms with E-state index in [0.29, 0.717) is 24.8 Å². The molecule has 0 heterocycles. The summed E-state index contributed by atoms with van der Waals surface area (Å²) < 4.78 is 10.2. The van der Waals surface area contributed by atoms with E-state index in [0.717, 1.165) is 56.1 Å². The number of ketones is 1. The summed E-state index contributed by atoms with van der Waals surface area (Å²) >= 11 is 0. The van der Waals surface area contributed by atoms with Gasteiger partial charge >= 0.3 is 11.9 Å². The van der Waals surface area contributed by atoms with E-state index >= 15 is 0 Å². The van der Waals surface area contributed by atoms with Gasteiger partial charge in [0, 0.05) is 12.8 Å². The van der Waals surface area contributed by atoms with E-state index in [4.69, 9.17) is 4.74 Å². The van der Waals surface area contributed by atoms with Gasteiger partial charge < -0.3 is 9.47 Å². The van der Waals surface area contributed by atoms with Gasteiger partial charge in [0.1, 0.15) is 6.10 Å². The molecule has 0 N–H and O–H groups in total. The van der Waals surface area contributed by atoms with Crippen LogP contribution in [-0.2, 0) is 19.1 Å². The first-order valence-electron chi connectivity index (χ1n) is 11.3. The van der Waals surface area contributed by atoms with Crippen LogP contribution in [0.5, 0.6) is 0 Å². The zero-order valence-corrected chi connectivity index (χ0v) is 18.7. The Morgan fingerprint density at radius 2 is 1.74 bits per heavy atom. The lowest BCUT2D eigenvalue weighted by Crippen LogP contribution is -2.15. The smallest absolute Gasteiger partial charge is 0.338 e. The number of hydrogen-bond donors (Lipinski definition) is 0. The summed E-state index contributed by atoms with van der Waals surface area (Å²) in [6, 6.07) is 8.97. The molecule has 0 aliphatic heterocycles. The molecule has 2 rings (SSSR count). The summed E-state index contributed by atoms with van der Waals surface area (Å²) in [4.78, 5) is 35.7. The number of ether oxygens (including phenoxy) is 2. The molecule has 0 bridgehead atoms. The van der Waals surface area contributed by atoms with Crippen molar-refractivity contribution in [3.63, 3.8) is 0 Å². The SMILES string of the molecule is CC[C@H](/C=C/C1=C(CCCCCCCC(=O)OC)C(=O)CC1)OC(=O)c1ccccc1. The molecule has 31 heavy (non-hydrogen) atoms. The lowest BCUT2D eigenvalue weighted by molar-refractivity contribution is -0.140. The standard InChI is InChI=1S/C26H34O5/c1-3-22(31-26(29)21-12-8-7-9-13-21)18-16-20-17-19-24(27)23(20)14-10-5-4-6-11-15-25(28)30-2/h7-9,12-13,16,18,22H,3-6,10-11,14-15,17,19H2,1-2H3/b18-16+/t22-/m1/s1. The van der Waals surface area contributed by atoms with Crippen molar-refractivity contribution >= 4 is 17.7 Å². The van der Waals surface area contributed by atoms with Gasteiger partial charge in [0.25, 0.3) is 0 Å². The van der Waals surface area contributed by atoms with Crippen LogP contribution in [0.1, 0.15) is 81.5 Å². The number of rotatable bonds is 13. The number of carbonyl (C=O) groups excluding carboxylic acids is 3. The van der Waals surface area contributed by atoms with Crippen molar-refractivity contribution in [3.8, 4) is 0 Å². The highest BCUT2D eigenvalue weighted by molar-refractivity contribution is 5.99. The first kappa shape index (κ1) is 24.6. The Morgan fingerprint density at radius 1 is 1.03 bits per heavy atom. The molecule has 168 valence electrons. The predicted octanol–water partition coefficient (Wildman–Crippen LogP) is 5.74. The van der Waals surface area contributed by atoms with Gasteiger partial charge in [-0.3, -0.25) is 9.59 Å². The Kier molecular flexibility index (Phi) is 10.8. The van der Waals surface area contributed by atoms with Crippen molar-refractivity contribution < 1.29 is 23.9 Å². The minimum Gasteiger partial charge on any atom is -0.469 e. The minimum absolute atomic E-state index is 0.155. The molecule has 1 aromatic carbocycles. The van der Waals surface area contributed by atoms with E-state index in [1.807, 2.05) is 37.3 Å². The number of benzene rings is 1. The molecule has 5 nitrogen and oxygen atoms in total. The third-order valence-electron chi connectivity index (χ3n) is 5.56. The summed E-state index contributed by atoms with van der Waals surface area (Å²) in [5.74, 6) is -0.251. The third kappa shape index (κ3) is 8.52. The van der Waals surface area contributed by atoms with Gasteiger partial charge in [-0.25, -0.2) is 4.79 Å². The van der Waals surface area contributed by atoms with Gasteiger partial charge in [0.05, 0.1) is 12.7 Å². The van der Waals surface area contributed by atoms with Gasteiger partial charge in [0.2, 0.25) is 0 Å². The Morgan fingerprint density at radius 3 is 2.45 bits per heavy atom. The monoisotopic (exact) mass is 426 g/mol. The molecular formula is C26H34O5. The van der Waals surface area contributed by atoms with Crippen LogP contribution in [0.2, 0.25) is 0 Å². The number of carbonyl (C=O) groups is 3. The average Bonchev–Trinajstić information content (AvgIpc) is 3.15. The third-order valence-corrected chi connectivity index (χ3v) is 5.56. The quantitative estimate of drug-likeness (QED) is 0.297. The number of allylic oxidation sites excluding steroid dienone is 3. The molecule has 1 aromatic rings. The van der Waals surface area contributed by atoms with Gasteiger partial charge in [-0.2, -0.15) is 0 Å². The number of hydrogen-bond acceptors (Lipinski definition) is 5. The molecule has 5 heteroatoms. The van der Waals surface area contributed by atoms with Crippen LogP contribution in [0.25, 0.3) is 0 Å². The zero-order chi connectivity index (χ0) is 22.5. The molecule has 0 radical (unpaired) electrons. The second-order valence-corrected chi connectivity index (χ2v) is 7.85. The fourth-order valence-electron chi connectivity index (χ4n) is 3.68. The normalized spacial score (nSPS) is 14.8. The lowest BCUT2D eigenvalue weighted by Gasteiger charge is -2.12. The van der Waals surface area contributed by atoms with E-state index in [-0.39, 0.29) is 23.8 Å². The second-order valence-electron chi connectivity index (χ2n) is 7.85. The van der Waals surface area contributed by atoms with Crippen LogP contribution in [0.4, 0.5) is 0 Å². The molecule has 1 atom stereocenters. The maximum Gasteiger partial charge on any atom is 0.338 e. The molecule has 0 aromatic heterocycles. The number of methoxy groups -OCH3 is 1. The lowest BCUT2D eigenvalue weighted by atomic mass is 10.0. The van der Waals surface area contributed by atoms with Crippen LogP contribution in [0, 0.1) is 0 Å². The van der Waals surface area contributed by atoms with E-state index in [9.17, 15) is 14.4 Å². The van der Waals surface area contributed by atoms with E-state index in [1.165, 1.54) is 7.11 Å². The molecule has 0 spiro atoms. The van der Waals surface area contributed by atoms with Crippen molar-refractivity contribution in [2.24, 2.45) is 0 Å². The number of Topliss-reactive ketones (excluding diaryl/α,β-unsaturated/α-hetero) is 1. The van der Waals surface area contributed by atoms with Gasteiger partial charge in [-0.1, -0.05) is 50.5 Å². The van der Waals surface area contributed by atoms with Crippen LogP contribution in [0.3, 0.4) is 0 Å². The first-order valence-corrected chi connectivity index (χ1v) is 11.3. The summed E-state index contributed by atoms with van der Waals surface area (Å²) in [5.41, 5.74) is 2.54. The van der Waals surface area contributed by atoms with Gasteiger partial charge in [-0.05, 0) is 61.5 Å². The van der Waals surface area contributed by atoms with Crippen molar-refractivity contribution in [1.82, 2.24) is 0 Å². The summed E-state index contributed by atoms with van der Waals surface area (Å²) in [5, 5.41) is 0. The molecule has 0 saturated heterocycles. The average molecular weight is 427 g/mol. The zero-order valence-electron chi connectivity index (χ0n) is 18.7. The number of esters is 2. The van der Waals surface area contributed by atoms with Crippen molar-refractivity contribution in [2.45, 2.75) is 77.2 Å². The maximum atomic E-state index is 12.3. The highest BCUT2D eigenvalue weighted by atomic mass is 16.5. The summed E-state index contributed by atoms with van der Waals surface area (Å²) in [7, 11) is 1.41. The summed E-state index contributed by atoms with van der Waals surface area (Å²) in [6.45, 7) is 1.97. The number of unbranched alkanes of at least 4 members (excludes halogenated alkanes) is 4. The Labute approximate surface area is 185 Å². The van der Waals surface area contributed by atoms with Gasteiger partial charge in [0.15, 0.2) is 5.78 Å². The Hall–Kier alpha value is -2.69. The van der Waals surface area contributed by atoms with Crippen LogP contribution >= 0.6 is 0 Å². The van der Waals surface area contributed by atoms with Crippen molar-refractivity contribution in [1.29, 1.82) is 0 Å². The van der Waals surface area contributed by atoms with Crippen LogP contribution < -0.4 is 0 Å². The molecule has 0 unspecified atom stereocenters. The van der Waals surface area contributed by atoms with E-state index < -0.39 is 0 Å². The van der Waals surface area contributed by atoms with Crippen molar-refractivity contribution in [3.05, 3.63) is 59.2 Å². The molecule has 0 amide bonds. The fraction of sp³-hybridized carbons (Fsp3) is 0.500. The molecule has 0 fully saturated rings. The fourth-order valence-corrected chi connectivity index (χ4v) is 3.68. The minimum atomic E-state index is -0.332. The van der Waals surface area contributed by atoms with Crippen LogP contribution in [0.15, 0.2) is 53.6 Å². The molecular weight excluding hydrogens is 392 g/mol. The largest absolute Gasteiger partial charge is 0.469 e. The van der Waals surface area contributed by atoms with E-state index in [1.54, 1.807) is 12.1 Å². The topological polar surface area (TPSA) is 69.7 Å². The van der Waals surface area contributed by atoms with Crippen molar-refractivity contribution in [2.75, 3.05) is 7.11 Å². The molecule has 1 aliphatic rings. The highest BCUT2D eigenvalue weighted by Gasteiger charge is 2.21. The Balaban J connectivity index is 1.82. The summed E-state index contributed by atoms with van der Waals surface area (Å²) in [6.07, 6.45) is 11.7. The van der Waals surface area contributed by atoms with Gasteiger partial charge in [-0.15, -0.1) is 0 Å².